The van der Waals surface area contributed by atoms with Crippen molar-refractivity contribution in [2.45, 2.75) is 109 Å². The molecule has 23 heavy (non-hydrogen) atoms. The van der Waals surface area contributed by atoms with E-state index in [4.69, 9.17) is 0 Å². The van der Waals surface area contributed by atoms with Crippen molar-refractivity contribution in [1.82, 2.24) is 0 Å². The predicted molar refractivity (Wildman–Crippen MR) is 90.9 cm³/mol. The van der Waals surface area contributed by atoms with Crippen LogP contribution in [-0.2, 0) is 10.1 Å². The van der Waals surface area contributed by atoms with Gasteiger partial charge in [-0.05, 0) is 19.3 Å². The number of unbranched alkanes of at least 4 members (excludes halogenated alkanes) is 8. The molecule has 134 valence electrons. The number of hydrogen-bond acceptors (Lipinski definition) is 4. The molecule has 1 N–H and O–H groups in total. The number of hydrogen-bond donors (Lipinski definition) is 1. The van der Waals surface area contributed by atoms with Crippen molar-refractivity contribution in [2.75, 3.05) is 0 Å². The van der Waals surface area contributed by atoms with Gasteiger partial charge in [0.15, 0.2) is 0 Å². The fraction of sp³-hybridized carbons (Fsp3) is 1.00. The van der Waals surface area contributed by atoms with Crippen LogP contribution in [0.15, 0.2) is 0 Å². The van der Waals surface area contributed by atoms with E-state index in [0.717, 1.165) is 51.4 Å². The van der Waals surface area contributed by atoms with E-state index in [1.165, 1.54) is 12.8 Å². The van der Waals surface area contributed by atoms with Crippen LogP contribution >= 0.6 is 0 Å². The van der Waals surface area contributed by atoms with Crippen molar-refractivity contribution in [3.05, 3.63) is 0 Å². The Kier molecular flexibility index (Phi) is 19.7. The molecule has 0 amide bonds. The molecule has 0 aliphatic heterocycles. The van der Waals surface area contributed by atoms with Gasteiger partial charge in [-0.25, -0.2) is 8.42 Å². The normalized spacial score (nSPS) is 14.3. The zero-order chi connectivity index (χ0) is 16.8. The molecule has 2 atom stereocenters. The van der Waals surface area contributed by atoms with E-state index < -0.39 is 21.5 Å². The molecule has 0 aromatic rings. The van der Waals surface area contributed by atoms with Gasteiger partial charge in [-0.3, -0.25) is 0 Å². The first-order valence-electron chi connectivity index (χ1n) is 9.04. The van der Waals surface area contributed by atoms with Gasteiger partial charge in [-0.1, -0.05) is 78.1 Å². The molecule has 2 unspecified atom stereocenters. The molecule has 6 heteroatoms. The van der Waals surface area contributed by atoms with Crippen molar-refractivity contribution in [2.24, 2.45) is 0 Å². The predicted octanol–water partition coefficient (Wildman–Crippen LogP) is 1.38. The van der Waals surface area contributed by atoms with Gasteiger partial charge in [0.2, 0.25) is 0 Å². The second-order valence-corrected chi connectivity index (χ2v) is 8.06. The second-order valence-electron chi connectivity index (χ2n) is 6.41. The molecule has 4 nitrogen and oxygen atoms in total. The maximum Gasteiger partial charge on any atom is 1.00 e. The molecule has 0 bridgehead atoms. The first kappa shape index (κ1) is 26.7. The first-order valence-corrected chi connectivity index (χ1v) is 10.5. The summed E-state index contributed by atoms with van der Waals surface area (Å²) >= 11 is 0. The van der Waals surface area contributed by atoms with Crippen molar-refractivity contribution < 1.29 is 69.5 Å². The van der Waals surface area contributed by atoms with Gasteiger partial charge in [0.1, 0.15) is 0 Å². The Labute approximate surface area is 186 Å². The molecule has 0 saturated heterocycles. The summed E-state index contributed by atoms with van der Waals surface area (Å²) < 4.78 is 34.0. The van der Waals surface area contributed by atoms with Gasteiger partial charge in [-0.15, -0.1) is 0 Å². The Morgan fingerprint density at radius 1 is 0.826 bits per heavy atom. The zero-order valence-electron chi connectivity index (χ0n) is 15.4. The minimum atomic E-state index is -4.30. The van der Waals surface area contributed by atoms with Crippen LogP contribution in [0.2, 0.25) is 0 Å². The average Bonchev–Trinajstić information content (AvgIpc) is 2.44. The Hall–Kier alpha value is 1.51. The fourth-order valence-electron chi connectivity index (χ4n) is 2.76. The topological polar surface area (TPSA) is 77.4 Å². The maximum atomic E-state index is 11.3. The van der Waals surface area contributed by atoms with Crippen LogP contribution in [0, 0.1) is 0 Å². The number of aliphatic hydroxyl groups excluding tert-OH is 1. The van der Waals surface area contributed by atoms with Crippen LogP contribution in [-0.4, -0.2) is 29.4 Å². The van der Waals surface area contributed by atoms with Gasteiger partial charge in [0.05, 0.1) is 21.5 Å². The van der Waals surface area contributed by atoms with Gasteiger partial charge < -0.3 is 9.66 Å². The molecule has 0 aromatic carbocycles. The summed E-state index contributed by atoms with van der Waals surface area (Å²) in [6.45, 7) is 4.28. The smallest absolute Gasteiger partial charge is 0.748 e. The third-order valence-corrected chi connectivity index (χ3v) is 5.46. The molecule has 0 rings (SSSR count). The van der Waals surface area contributed by atoms with Gasteiger partial charge in [0.25, 0.3) is 0 Å². The molecule has 0 aliphatic carbocycles. The Morgan fingerprint density at radius 3 is 1.70 bits per heavy atom. The summed E-state index contributed by atoms with van der Waals surface area (Å²) in [6, 6.07) is 0. The molecule has 0 saturated carbocycles. The first-order chi connectivity index (χ1) is 10.4. The molecular formula is C17H35KO4S. The van der Waals surface area contributed by atoms with E-state index in [1.54, 1.807) is 0 Å². The van der Waals surface area contributed by atoms with Gasteiger partial charge in [0, 0.05) is 0 Å². The molecule has 0 aliphatic rings. The van der Waals surface area contributed by atoms with Crippen LogP contribution in [0.3, 0.4) is 0 Å². The largest absolute Gasteiger partial charge is 1.00 e. The Morgan fingerprint density at radius 2 is 1.26 bits per heavy atom. The monoisotopic (exact) mass is 374 g/mol. The molecular weight excluding hydrogens is 339 g/mol. The van der Waals surface area contributed by atoms with E-state index >= 15 is 0 Å². The van der Waals surface area contributed by atoms with Crippen LogP contribution in [0.4, 0.5) is 0 Å². The summed E-state index contributed by atoms with van der Waals surface area (Å²) in [4.78, 5) is 0. The van der Waals surface area contributed by atoms with E-state index in [0.29, 0.717) is 12.8 Å². The maximum absolute atomic E-state index is 11.3. The van der Waals surface area contributed by atoms with Crippen molar-refractivity contribution in [1.29, 1.82) is 0 Å². The Balaban J connectivity index is 0. The summed E-state index contributed by atoms with van der Waals surface area (Å²) in [6.07, 6.45) is 11.0. The molecule has 0 heterocycles. The number of aliphatic hydroxyl groups is 1. The SMILES string of the molecule is CCCCCCCC(O)CC(CCCCCCC)S(=O)(=O)[O-].[K+]. The van der Waals surface area contributed by atoms with Gasteiger partial charge in [-0.2, -0.15) is 0 Å². The van der Waals surface area contributed by atoms with Crippen LogP contribution in [0.1, 0.15) is 97.3 Å². The molecule has 0 radical (unpaired) electrons. The van der Waals surface area contributed by atoms with Crippen LogP contribution in [0.5, 0.6) is 0 Å². The third-order valence-electron chi connectivity index (χ3n) is 4.21. The minimum absolute atomic E-state index is 0. The van der Waals surface area contributed by atoms with E-state index in [-0.39, 0.29) is 57.8 Å². The minimum Gasteiger partial charge on any atom is -0.748 e. The van der Waals surface area contributed by atoms with Crippen molar-refractivity contribution >= 4 is 10.1 Å². The zero-order valence-corrected chi connectivity index (χ0v) is 19.4. The summed E-state index contributed by atoms with van der Waals surface area (Å²) in [5, 5.41) is 9.06. The third kappa shape index (κ3) is 16.7. The second kappa shape index (κ2) is 16.9. The van der Waals surface area contributed by atoms with E-state index in [1.807, 2.05) is 0 Å². The number of rotatable bonds is 15. The summed E-state index contributed by atoms with van der Waals surface area (Å²) in [7, 11) is -4.30. The molecule has 0 spiro atoms. The molecule has 0 aromatic heterocycles. The summed E-state index contributed by atoms with van der Waals surface area (Å²) in [5.41, 5.74) is 0. The standard InChI is InChI=1S/C17H36O4S.K/c1-3-5-7-9-11-13-16(18)15-17(22(19,20)21)14-12-10-8-6-4-2;/h16-18H,3-15H2,1-2H3,(H,19,20,21);/q;+1/p-1. The summed E-state index contributed by atoms with van der Waals surface area (Å²) in [5.74, 6) is 0. The van der Waals surface area contributed by atoms with Crippen molar-refractivity contribution in [3.63, 3.8) is 0 Å². The van der Waals surface area contributed by atoms with E-state index in [2.05, 4.69) is 13.8 Å². The van der Waals surface area contributed by atoms with Crippen LogP contribution in [0.25, 0.3) is 0 Å². The van der Waals surface area contributed by atoms with E-state index in [9.17, 15) is 18.1 Å². The average molecular weight is 375 g/mol. The van der Waals surface area contributed by atoms with Crippen LogP contribution < -0.4 is 51.4 Å². The molecule has 0 fully saturated rings. The fourth-order valence-corrected chi connectivity index (χ4v) is 3.67. The quantitative estimate of drug-likeness (QED) is 0.267. The Bertz CT molecular complexity index is 347. The van der Waals surface area contributed by atoms with Crippen molar-refractivity contribution in [3.8, 4) is 0 Å². The van der Waals surface area contributed by atoms with Gasteiger partial charge >= 0.3 is 51.4 Å².